The first-order valence-electron chi connectivity index (χ1n) is 4.78. The van der Waals surface area contributed by atoms with Gasteiger partial charge in [0.2, 0.25) is 0 Å². The highest BCUT2D eigenvalue weighted by Gasteiger charge is 2.31. The van der Waals surface area contributed by atoms with Crippen molar-refractivity contribution < 1.29 is 19.7 Å². The zero-order valence-corrected chi connectivity index (χ0v) is 11.7. The maximum absolute atomic E-state index is 10.7. The molecule has 0 aliphatic carbocycles. The molecular weight excluding hydrogens is 311 g/mol. The van der Waals surface area contributed by atoms with Gasteiger partial charge < -0.3 is 14.9 Å². The average molecular weight is 324 g/mol. The van der Waals surface area contributed by atoms with Crippen molar-refractivity contribution in [3.8, 4) is 5.75 Å². The molecule has 2 N–H and O–H groups in total. The van der Waals surface area contributed by atoms with Gasteiger partial charge in [0.15, 0.2) is 5.60 Å². The van der Waals surface area contributed by atoms with Crippen molar-refractivity contribution in [2.45, 2.75) is 19.4 Å². The Morgan fingerprint density at radius 1 is 1.59 bits per heavy atom. The van der Waals surface area contributed by atoms with Crippen molar-refractivity contribution in [2.75, 3.05) is 6.61 Å². The van der Waals surface area contributed by atoms with Crippen molar-refractivity contribution in [3.63, 3.8) is 0 Å². The summed E-state index contributed by atoms with van der Waals surface area (Å²) in [5, 5.41) is 18.6. The second kappa shape index (κ2) is 5.25. The van der Waals surface area contributed by atoms with E-state index >= 15 is 0 Å². The van der Waals surface area contributed by atoms with Gasteiger partial charge >= 0.3 is 5.97 Å². The van der Waals surface area contributed by atoms with Gasteiger partial charge in [0.05, 0.1) is 5.02 Å². The van der Waals surface area contributed by atoms with Crippen LogP contribution in [-0.2, 0) is 4.79 Å². The third kappa shape index (κ3) is 3.59. The largest absolute Gasteiger partial charge is 0.488 e. The molecule has 1 aromatic rings. The van der Waals surface area contributed by atoms with Crippen molar-refractivity contribution in [2.24, 2.45) is 0 Å². The summed E-state index contributed by atoms with van der Waals surface area (Å²) in [5.41, 5.74) is -1.19. The van der Waals surface area contributed by atoms with Gasteiger partial charge in [-0.05, 0) is 31.5 Å². The van der Waals surface area contributed by atoms with Gasteiger partial charge in [0, 0.05) is 4.47 Å². The lowest BCUT2D eigenvalue weighted by atomic mass is 10.1. The molecule has 1 rings (SSSR count). The minimum absolute atomic E-state index is 0.359. The Bertz CT molecular complexity index is 422. The molecule has 1 aromatic carbocycles. The van der Waals surface area contributed by atoms with Gasteiger partial charge in [-0.25, -0.2) is 4.79 Å². The number of carbonyl (C=O) groups is 1. The third-order valence-corrected chi connectivity index (χ3v) is 2.89. The Kier molecular flexibility index (Phi) is 4.41. The normalized spacial score (nSPS) is 14.2. The second-order valence-electron chi connectivity index (χ2n) is 3.90. The number of carboxylic acid groups (broad SMARTS) is 1. The van der Waals surface area contributed by atoms with Crippen LogP contribution in [0.25, 0.3) is 0 Å². The monoisotopic (exact) mass is 322 g/mol. The summed E-state index contributed by atoms with van der Waals surface area (Å²) in [6.07, 6.45) is 0. The van der Waals surface area contributed by atoms with Crippen LogP contribution < -0.4 is 4.74 Å². The molecular formula is C11H12BrClO4. The number of hydrogen-bond donors (Lipinski definition) is 2. The lowest BCUT2D eigenvalue weighted by Gasteiger charge is -2.20. The van der Waals surface area contributed by atoms with Gasteiger partial charge in [-0.3, -0.25) is 0 Å². The number of hydrogen-bond acceptors (Lipinski definition) is 3. The first kappa shape index (κ1) is 14.3. The van der Waals surface area contributed by atoms with E-state index in [-0.39, 0.29) is 6.61 Å². The molecule has 0 heterocycles. The van der Waals surface area contributed by atoms with Crippen molar-refractivity contribution in [1.29, 1.82) is 0 Å². The summed E-state index contributed by atoms with van der Waals surface area (Å²) in [6, 6.07) is 3.43. The zero-order valence-electron chi connectivity index (χ0n) is 9.33. The molecule has 6 heteroatoms. The van der Waals surface area contributed by atoms with E-state index in [4.69, 9.17) is 21.4 Å². The van der Waals surface area contributed by atoms with Crippen LogP contribution in [0.5, 0.6) is 5.75 Å². The van der Waals surface area contributed by atoms with E-state index in [9.17, 15) is 9.90 Å². The predicted molar refractivity (Wildman–Crippen MR) is 67.6 cm³/mol. The zero-order chi connectivity index (χ0) is 13.2. The van der Waals surface area contributed by atoms with Crippen LogP contribution in [0, 0.1) is 6.92 Å². The average Bonchev–Trinajstić information content (AvgIpc) is 2.15. The van der Waals surface area contributed by atoms with Crippen molar-refractivity contribution >= 4 is 33.5 Å². The Balaban J connectivity index is 2.87. The summed E-state index contributed by atoms with van der Waals surface area (Å²) in [4.78, 5) is 10.7. The van der Waals surface area contributed by atoms with Crippen LogP contribution in [0.2, 0.25) is 5.02 Å². The molecule has 17 heavy (non-hydrogen) atoms. The lowest BCUT2D eigenvalue weighted by Crippen LogP contribution is -2.41. The minimum Gasteiger partial charge on any atom is -0.488 e. The third-order valence-electron chi connectivity index (χ3n) is 2.15. The second-order valence-corrected chi connectivity index (χ2v) is 5.22. The molecule has 0 aliphatic rings. The smallest absolute Gasteiger partial charge is 0.339 e. The Labute approximate surface area is 112 Å². The van der Waals surface area contributed by atoms with Crippen LogP contribution >= 0.6 is 27.5 Å². The van der Waals surface area contributed by atoms with E-state index in [0.717, 1.165) is 17.0 Å². The summed E-state index contributed by atoms with van der Waals surface area (Å²) in [5.74, 6) is -0.972. The maximum Gasteiger partial charge on any atom is 0.339 e. The fourth-order valence-electron chi connectivity index (χ4n) is 1.15. The van der Waals surface area contributed by atoms with Gasteiger partial charge in [-0.2, -0.15) is 0 Å². The number of rotatable bonds is 4. The van der Waals surface area contributed by atoms with E-state index in [1.54, 1.807) is 19.1 Å². The van der Waals surface area contributed by atoms with E-state index < -0.39 is 11.6 Å². The topological polar surface area (TPSA) is 66.8 Å². The van der Waals surface area contributed by atoms with E-state index in [1.165, 1.54) is 0 Å². The van der Waals surface area contributed by atoms with Crippen LogP contribution in [-0.4, -0.2) is 28.4 Å². The van der Waals surface area contributed by atoms with E-state index in [2.05, 4.69) is 15.9 Å². The highest BCUT2D eigenvalue weighted by Crippen LogP contribution is 2.32. The van der Waals surface area contributed by atoms with E-state index in [0.29, 0.717) is 10.8 Å². The van der Waals surface area contributed by atoms with Crippen molar-refractivity contribution in [1.82, 2.24) is 0 Å². The SMILES string of the molecule is Cc1cc(Br)cc(Cl)c1OCC(C)(O)C(=O)O. The molecule has 0 aliphatic heterocycles. The highest BCUT2D eigenvalue weighted by atomic mass is 79.9. The van der Waals surface area contributed by atoms with Gasteiger partial charge in [-0.15, -0.1) is 0 Å². The molecule has 94 valence electrons. The molecule has 0 amide bonds. The van der Waals surface area contributed by atoms with Gasteiger partial charge in [0.25, 0.3) is 0 Å². The Hall–Kier alpha value is -0.780. The Morgan fingerprint density at radius 2 is 2.18 bits per heavy atom. The number of ether oxygens (including phenoxy) is 1. The number of aliphatic carboxylic acids is 1. The molecule has 1 unspecified atom stereocenters. The molecule has 1 atom stereocenters. The molecule has 4 nitrogen and oxygen atoms in total. The fraction of sp³-hybridized carbons (Fsp3) is 0.364. The van der Waals surface area contributed by atoms with Crippen LogP contribution in [0.4, 0.5) is 0 Å². The first-order chi connectivity index (χ1) is 7.74. The molecule has 0 radical (unpaired) electrons. The lowest BCUT2D eigenvalue weighted by molar-refractivity contribution is -0.159. The van der Waals surface area contributed by atoms with Gasteiger partial charge in [0.1, 0.15) is 12.4 Å². The molecule has 0 bridgehead atoms. The number of aryl methyl sites for hydroxylation is 1. The number of halogens is 2. The number of aliphatic hydroxyl groups is 1. The minimum atomic E-state index is -1.94. The molecule has 0 saturated heterocycles. The predicted octanol–water partition coefficient (Wildman–Crippen LogP) is 2.63. The molecule has 0 spiro atoms. The number of carboxylic acids is 1. The van der Waals surface area contributed by atoms with Crippen LogP contribution in [0.3, 0.4) is 0 Å². The van der Waals surface area contributed by atoms with Crippen LogP contribution in [0.1, 0.15) is 12.5 Å². The Morgan fingerprint density at radius 3 is 2.65 bits per heavy atom. The first-order valence-corrected chi connectivity index (χ1v) is 5.95. The summed E-state index contributed by atoms with van der Waals surface area (Å²) < 4.78 is 6.07. The highest BCUT2D eigenvalue weighted by molar-refractivity contribution is 9.10. The molecule has 0 aromatic heterocycles. The van der Waals surface area contributed by atoms with E-state index in [1.807, 2.05) is 0 Å². The van der Waals surface area contributed by atoms with Crippen molar-refractivity contribution in [3.05, 3.63) is 27.2 Å². The number of benzene rings is 1. The summed E-state index contributed by atoms with van der Waals surface area (Å²) in [7, 11) is 0. The van der Waals surface area contributed by atoms with Gasteiger partial charge in [-0.1, -0.05) is 27.5 Å². The molecule has 0 fully saturated rings. The standard InChI is InChI=1S/C11H12BrClO4/c1-6-3-7(12)4-8(13)9(6)17-5-11(2,16)10(14)15/h3-4,16H,5H2,1-2H3,(H,14,15). The maximum atomic E-state index is 10.7. The fourth-order valence-corrected chi connectivity index (χ4v) is 2.17. The molecule has 0 saturated carbocycles. The summed E-state index contributed by atoms with van der Waals surface area (Å²) in [6.45, 7) is 2.57. The van der Waals surface area contributed by atoms with Crippen LogP contribution in [0.15, 0.2) is 16.6 Å². The quantitative estimate of drug-likeness (QED) is 0.894. The summed E-state index contributed by atoms with van der Waals surface area (Å²) >= 11 is 9.24.